The third-order valence-electron chi connectivity index (χ3n) is 3.60. The van der Waals surface area contributed by atoms with E-state index in [0.717, 1.165) is 16.2 Å². The van der Waals surface area contributed by atoms with Gasteiger partial charge in [-0.2, -0.15) is 0 Å². The van der Waals surface area contributed by atoms with E-state index in [-0.39, 0.29) is 24.2 Å². The molecule has 0 aliphatic rings. The summed E-state index contributed by atoms with van der Waals surface area (Å²) in [6.45, 7) is -0.136. The first-order valence-electron chi connectivity index (χ1n) is 7.63. The lowest BCUT2D eigenvalue weighted by atomic mass is 10.2. The normalized spacial score (nSPS) is 10.6. The Hall–Kier alpha value is -3.59. The van der Waals surface area contributed by atoms with Crippen LogP contribution in [0.1, 0.15) is 5.56 Å². The van der Waals surface area contributed by atoms with Crippen LogP contribution in [0.25, 0.3) is 10.9 Å². The molecule has 0 saturated carbocycles. The lowest BCUT2D eigenvalue weighted by Gasteiger charge is -2.08. The van der Waals surface area contributed by atoms with Crippen molar-refractivity contribution in [2.24, 2.45) is 0 Å². The Bertz CT molecular complexity index is 1020. The zero-order valence-electron chi connectivity index (χ0n) is 13.5. The third-order valence-corrected chi connectivity index (χ3v) is 3.60. The Kier molecular flexibility index (Phi) is 4.99. The molecule has 0 atom stereocenters. The van der Waals surface area contributed by atoms with Gasteiger partial charge in [-0.15, -0.1) is 0 Å². The van der Waals surface area contributed by atoms with Crippen molar-refractivity contribution in [2.45, 2.75) is 13.2 Å². The van der Waals surface area contributed by atoms with Gasteiger partial charge in [0.15, 0.2) is 0 Å². The molecule has 3 aromatic rings. The summed E-state index contributed by atoms with van der Waals surface area (Å²) >= 11 is 0. The molecule has 0 aliphatic heterocycles. The molecule has 9 nitrogen and oxygen atoms in total. The van der Waals surface area contributed by atoms with Gasteiger partial charge in [0, 0.05) is 12.1 Å². The fourth-order valence-electron chi connectivity index (χ4n) is 2.33. The second-order valence-corrected chi connectivity index (χ2v) is 5.44. The van der Waals surface area contributed by atoms with Gasteiger partial charge in [0.2, 0.25) is 0 Å². The van der Waals surface area contributed by atoms with Crippen molar-refractivity contribution in [2.75, 3.05) is 0 Å². The smallest absolute Gasteiger partial charge is 0.270 e. The van der Waals surface area contributed by atoms with E-state index in [1.54, 1.807) is 0 Å². The van der Waals surface area contributed by atoms with E-state index in [1.807, 2.05) is 30.3 Å². The van der Waals surface area contributed by atoms with Gasteiger partial charge in [-0.25, -0.2) is 10.5 Å². The number of nitro groups is 1. The fraction of sp³-hybridized carbons (Fsp3) is 0.118. The van der Waals surface area contributed by atoms with Crippen LogP contribution in [-0.4, -0.2) is 20.4 Å². The molecule has 2 aromatic carbocycles. The summed E-state index contributed by atoms with van der Waals surface area (Å²) in [5.41, 5.74) is 2.68. The molecule has 0 bridgehead atoms. The maximum Gasteiger partial charge on any atom is 0.270 e. The predicted molar refractivity (Wildman–Crippen MR) is 92.0 cm³/mol. The molecule has 1 heterocycles. The molecule has 26 heavy (non-hydrogen) atoms. The maximum absolute atomic E-state index is 12.4. The number of nitrogens with one attached hydrogen (secondary N) is 1. The zero-order chi connectivity index (χ0) is 18.5. The van der Waals surface area contributed by atoms with Crippen molar-refractivity contribution in [3.05, 3.63) is 80.9 Å². The molecule has 3 rings (SSSR count). The van der Waals surface area contributed by atoms with Crippen LogP contribution in [0.15, 0.2) is 59.7 Å². The summed E-state index contributed by atoms with van der Waals surface area (Å²) in [5.74, 6) is -0.547. The predicted octanol–water partition coefficient (Wildman–Crippen LogP) is 1.55. The van der Waals surface area contributed by atoms with E-state index in [2.05, 4.69) is 10.5 Å². The van der Waals surface area contributed by atoms with Gasteiger partial charge >= 0.3 is 0 Å². The number of carbonyl (C=O) groups excluding carboxylic acids is 1. The van der Waals surface area contributed by atoms with Crippen LogP contribution in [0, 0.1) is 10.1 Å². The molecule has 1 aromatic heterocycles. The van der Waals surface area contributed by atoms with E-state index in [1.165, 1.54) is 18.5 Å². The highest BCUT2D eigenvalue weighted by molar-refractivity contribution is 5.80. The summed E-state index contributed by atoms with van der Waals surface area (Å²) in [7, 11) is 0. The minimum Gasteiger partial charge on any atom is -0.289 e. The van der Waals surface area contributed by atoms with Crippen LogP contribution >= 0.6 is 0 Å². The van der Waals surface area contributed by atoms with E-state index < -0.39 is 16.4 Å². The quantitative estimate of drug-likeness (QED) is 0.530. The first-order chi connectivity index (χ1) is 12.5. The molecule has 0 saturated heterocycles. The molecule has 0 aliphatic carbocycles. The summed E-state index contributed by atoms with van der Waals surface area (Å²) in [5, 5.41) is 10.9. The number of rotatable bonds is 6. The maximum atomic E-state index is 12.4. The molecule has 0 spiro atoms. The zero-order valence-corrected chi connectivity index (χ0v) is 13.5. The summed E-state index contributed by atoms with van der Waals surface area (Å²) in [6.07, 6.45) is 1.22. The lowest BCUT2D eigenvalue weighted by molar-refractivity contribution is -0.384. The molecule has 0 fully saturated rings. The minimum atomic E-state index is -0.597. The highest BCUT2D eigenvalue weighted by atomic mass is 16.7. The van der Waals surface area contributed by atoms with E-state index in [4.69, 9.17) is 4.84 Å². The number of hydroxylamine groups is 1. The SMILES string of the molecule is O=C(Cn1cnc2ccc([N+](=O)[O-])cc2c1=O)NOCc1ccccc1. The highest BCUT2D eigenvalue weighted by Gasteiger charge is 2.12. The number of benzene rings is 2. The van der Waals surface area contributed by atoms with Crippen molar-refractivity contribution < 1.29 is 14.6 Å². The van der Waals surface area contributed by atoms with Crippen LogP contribution in [-0.2, 0) is 22.8 Å². The van der Waals surface area contributed by atoms with Gasteiger partial charge in [-0.05, 0) is 11.6 Å². The second-order valence-electron chi connectivity index (χ2n) is 5.44. The number of hydrogen-bond donors (Lipinski definition) is 1. The third kappa shape index (κ3) is 3.90. The Morgan fingerprint density at radius 1 is 1.23 bits per heavy atom. The van der Waals surface area contributed by atoms with Gasteiger partial charge < -0.3 is 0 Å². The fourth-order valence-corrected chi connectivity index (χ4v) is 2.33. The summed E-state index contributed by atoms with van der Waals surface area (Å²) in [4.78, 5) is 43.8. The van der Waals surface area contributed by atoms with Crippen molar-refractivity contribution in [1.82, 2.24) is 15.0 Å². The van der Waals surface area contributed by atoms with Gasteiger partial charge in [-0.3, -0.25) is 29.1 Å². The number of fused-ring (bicyclic) bond motifs is 1. The number of nitro benzene ring substituents is 1. The van der Waals surface area contributed by atoms with Crippen LogP contribution < -0.4 is 11.0 Å². The van der Waals surface area contributed by atoms with Crippen LogP contribution in [0.3, 0.4) is 0 Å². The Morgan fingerprint density at radius 2 is 2.00 bits per heavy atom. The Balaban J connectivity index is 1.69. The van der Waals surface area contributed by atoms with Crippen molar-refractivity contribution in [1.29, 1.82) is 0 Å². The molecular weight excluding hydrogens is 340 g/mol. The van der Waals surface area contributed by atoms with Gasteiger partial charge in [0.05, 0.1) is 28.8 Å². The van der Waals surface area contributed by atoms with Gasteiger partial charge in [0.25, 0.3) is 17.2 Å². The van der Waals surface area contributed by atoms with Crippen molar-refractivity contribution >= 4 is 22.5 Å². The summed E-state index contributed by atoms with van der Waals surface area (Å²) < 4.78 is 1.06. The summed E-state index contributed by atoms with van der Waals surface area (Å²) in [6, 6.07) is 13.1. The highest BCUT2D eigenvalue weighted by Crippen LogP contribution is 2.16. The number of non-ortho nitro benzene ring substituents is 1. The van der Waals surface area contributed by atoms with E-state index in [0.29, 0.717) is 5.52 Å². The molecule has 0 unspecified atom stereocenters. The molecular formula is C17H14N4O5. The van der Waals surface area contributed by atoms with E-state index >= 15 is 0 Å². The topological polar surface area (TPSA) is 116 Å². The van der Waals surface area contributed by atoms with E-state index in [9.17, 15) is 19.7 Å². The van der Waals surface area contributed by atoms with Crippen molar-refractivity contribution in [3.8, 4) is 0 Å². The monoisotopic (exact) mass is 354 g/mol. The molecule has 9 heteroatoms. The Morgan fingerprint density at radius 3 is 2.73 bits per heavy atom. The van der Waals surface area contributed by atoms with Crippen LogP contribution in [0.5, 0.6) is 0 Å². The van der Waals surface area contributed by atoms with Gasteiger partial charge in [0.1, 0.15) is 6.54 Å². The average Bonchev–Trinajstić information content (AvgIpc) is 2.64. The molecule has 0 radical (unpaired) electrons. The number of aromatic nitrogens is 2. The molecule has 1 N–H and O–H groups in total. The Labute approximate surface area is 147 Å². The first-order valence-corrected chi connectivity index (χ1v) is 7.63. The molecule has 1 amide bonds. The standard InChI is InChI=1S/C17H14N4O5/c22-16(19-26-10-12-4-2-1-3-5-12)9-20-11-18-15-7-6-13(21(24)25)8-14(15)17(20)23/h1-8,11H,9-10H2,(H,19,22). The average molecular weight is 354 g/mol. The number of carbonyl (C=O) groups is 1. The molecule has 132 valence electrons. The van der Waals surface area contributed by atoms with Crippen molar-refractivity contribution in [3.63, 3.8) is 0 Å². The number of nitrogens with zero attached hydrogens (tertiary/aromatic N) is 3. The minimum absolute atomic E-state index is 0.0692. The number of hydrogen-bond acceptors (Lipinski definition) is 6. The second kappa shape index (κ2) is 7.53. The van der Waals surface area contributed by atoms with Crippen LogP contribution in [0.2, 0.25) is 0 Å². The van der Waals surface area contributed by atoms with Crippen LogP contribution in [0.4, 0.5) is 5.69 Å². The lowest BCUT2D eigenvalue weighted by Crippen LogP contribution is -2.32. The number of amides is 1. The largest absolute Gasteiger partial charge is 0.289 e. The first kappa shape index (κ1) is 17.2. The van der Waals surface area contributed by atoms with Gasteiger partial charge in [-0.1, -0.05) is 30.3 Å².